The number of ether oxygens (including phenoxy) is 1. The smallest absolute Gasteiger partial charge is 0.309 e. The van der Waals surface area contributed by atoms with Gasteiger partial charge in [-0.1, -0.05) is 90.0 Å². The van der Waals surface area contributed by atoms with Crippen molar-refractivity contribution in [2.75, 3.05) is 5.32 Å². The second-order valence-corrected chi connectivity index (χ2v) is 9.52. The standard InChI is InChI=1S/C33H29N3O3/c1-22-9-13-27(14-10-22)32-31(33(39-24(3)37)36(35-32)29-19-11-23(2)12-20-29)26-15-17-28(18-16-26)34-30(38)21-25-7-5-4-6-8-25/h4-20H,21H2,1-3H3,(H,34,38). The van der Waals surface area contributed by atoms with Gasteiger partial charge in [-0.05, 0) is 49.2 Å². The lowest BCUT2D eigenvalue weighted by Gasteiger charge is -2.11. The van der Waals surface area contributed by atoms with E-state index in [1.165, 1.54) is 6.92 Å². The van der Waals surface area contributed by atoms with E-state index < -0.39 is 5.97 Å². The number of benzene rings is 4. The summed E-state index contributed by atoms with van der Waals surface area (Å²) in [6, 6.07) is 33.1. The summed E-state index contributed by atoms with van der Waals surface area (Å²) in [5, 5.41) is 7.89. The van der Waals surface area contributed by atoms with Crippen molar-refractivity contribution in [3.63, 3.8) is 0 Å². The molecule has 0 bridgehead atoms. The lowest BCUT2D eigenvalue weighted by Crippen LogP contribution is -2.14. The molecule has 194 valence electrons. The van der Waals surface area contributed by atoms with E-state index in [2.05, 4.69) is 5.32 Å². The van der Waals surface area contributed by atoms with Crippen molar-refractivity contribution < 1.29 is 14.3 Å². The predicted octanol–water partition coefficient (Wildman–Crippen LogP) is 6.93. The van der Waals surface area contributed by atoms with Gasteiger partial charge in [0.2, 0.25) is 11.8 Å². The number of nitrogens with zero attached hydrogens (tertiary/aromatic N) is 2. The molecular weight excluding hydrogens is 486 g/mol. The van der Waals surface area contributed by atoms with Crippen molar-refractivity contribution in [1.82, 2.24) is 9.78 Å². The fourth-order valence-corrected chi connectivity index (χ4v) is 4.37. The molecule has 5 rings (SSSR count). The van der Waals surface area contributed by atoms with E-state index in [1.54, 1.807) is 4.68 Å². The fourth-order valence-electron chi connectivity index (χ4n) is 4.37. The summed E-state index contributed by atoms with van der Waals surface area (Å²) < 4.78 is 7.46. The van der Waals surface area contributed by atoms with Crippen molar-refractivity contribution in [2.24, 2.45) is 0 Å². The normalized spacial score (nSPS) is 10.7. The summed E-state index contributed by atoms with van der Waals surface area (Å²) in [6.45, 7) is 5.43. The highest BCUT2D eigenvalue weighted by Gasteiger charge is 2.24. The Morgan fingerprint density at radius 1 is 0.769 bits per heavy atom. The molecular formula is C33H29N3O3. The summed E-state index contributed by atoms with van der Waals surface area (Å²) >= 11 is 0. The number of aromatic nitrogens is 2. The van der Waals surface area contributed by atoms with Crippen LogP contribution >= 0.6 is 0 Å². The molecule has 0 unspecified atom stereocenters. The van der Waals surface area contributed by atoms with Gasteiger partial charge in [-0.25, -0.2) is 0 Å². The summed E-state index contributed by atoms with van der Waals surface area (Å²) in [6.07, 6.45) is 0.292. The molecule has 6 nitrogen and oxygen atoms in total. The van der Waals surface area contributed by atoms with Crippen LogP contribution in [0, 0.1) is 13.8 Å². The highest BCUT2D eigenvalue weighted by Crippen LogP contribution is 2.41. The molecule has 1 N–H and O–H groups in total. The first-order valence-corrected chi connectivity index (χ1v) is 12.8. The molecule has 0 fully saturated rings. The fraction of sp³-hybridized carbons (Fsp3) is 0.121. The molecule has 0 radical (unpaired) electrons. The van der Waals surface area contributed by atoms with E-state index in [4.69, 9.17) is 9.84 Å². The Morgan fingerprint density at radius 2 is 1.36 bits per heavy atom. The maximum Gasteiger partial charge on any atom is 0.309 e. The van der Waals surface area contributed by atoms with Gasteiger partial charge in [0.1, 0.15) is 5.69 Å². The second-order valence-electron chi connectivity index (χ2n) is 9.52. The van der Waals surface area contributed by atoms with Crippen LogP contribution in [-0.2, 0) is 16.0 Å². The number of carbonyl (C=O) groups excluding carboxylic acids is 2. The van der Waals surface area contributed by atoms with Gasteiger partial charge in [0.15, 0.2) is 0 Å². The maximum atomic E-state index is 12.6. The number of amides is 1. The molecule has 1 heterocycles. The zero-order chi connectivity index (χ0) is 27.4. The van der Waals surface area contributed by atoms with E-state index in [0.717, 1.165) is 33.5 Å². The van der Waals surface area contributed by atoms with Crippen LogP contribution in [-0.4, -0.2) is 21.7 Å². The molecule has 0 aliphatic heterocycles. The van der Waals surface area contributed by atoms with Gasteiger partial charge in [-0.3, -0.25) is 9.59 Å². The van der Waals surface area contributed by atoms with Crippen molar-refractivity contribution in [3.05, 3.63) is 120 Å². The molecule has 0 spiro atoms. The molecule has 39 heavy (non-hydrogen) atoms. The average molecular weight is 516 g/mol. The molecule has 4 aromatic carbocycles. The zero-order valence-electron chi connectivity index (χ0n) is 22.1. The molecule has 0 saturated carbocycles. The molecule has 0 saturated heterocycles. The number of hydrogen-bond acceptors (Lipinski definition) is 4. The van der Waals surface area contributed by atoms with Crippen LogP contribution in [0.25, 0.3) is 28.1 Å². The van der Waals surface area contributed by atoms with Gasteiger partial charge in [0.05, 0.1) is 17.7 Å². The predicted molar refractivity (Wildman–Crippen MR) is 154 cm³/mol. The maximum absolute atomic E-state index is 12.6. The van der Waals surface area contributed by atoms with Crippen molar-refractivity contribution in [2.45, 2.75) is 27.2 Å². The van der Waals surface area contributed by atoms with Crippen LogP contribution in [0.15, 0.2) is 103 Å². The first-order valence-electron chi connectivity index (χ1n) is 12.8. The molecule has 1 amide bonds. The third-order valence-corrected chi connectivity index (χ3v) is 6.35. The van der Waals surface area contributed by atoms with E-state index in [0.29, 0.717) is 29.2 Å². The lowest BCUT2D eigenvalue weighted by molar-refractivity contribution is -0.132. The highest BCUT2D eigenvalue weighted by atomic mass is 16.5. The minimum Gasteiger partial charge on any atom is -0.407 e. The van der Waals surface area contributed by atoms with E-state index in [-0.39, 0.29) is 5.91 Å². The Balaban J connectivity index is 1.56. The first-order chi connectivity index (χ1) is 18.9. The summed E-state index contributed by atoms with van der Waals surface area (Å²) in [5.41, 5.74) is 7.74. The van der Waals surface area contributed by atoms with Gasteiger partial charge in [-0.2, -0.15) is 9.78 Å². The van der Waals surface area contributed by atoms with Crippen molar-refractivity contribution in [1.29, 1.82) is 0 Å². The van der Waals surface area contributed by atoms with E-state index >= 15 is 0 Å². The molecule has 1 aromatic heterocycles. The Morgan fingerprint density at radius 3 is 1.97 bits per heavy atom. The van der Waals surface area contributed by atoms with Crippen LogP contribution in [0.1, 0.15) is 23.6 Å². The number of hydrogen-bond donors (Lipinski definition) is 1. The number of carbonyl (C=O) groups is 2. The monoisotopic (exact) mass is 515 g/mol. The Labute approximate surface area is 227 Å². The van der Waals surface area contributed by atoms with Crippen LogP contribution in [0.5, 0.6) is 5.88 Å². The number of rotatable bonds is 7. The second kappa shape index (κ2) is 11.2. The molecule has 0 atom stereocenters. The van der Waals surface area contributed by atoms with E-state index in [9.17, 15) is 9.59 Å². The third-order valence-electron chi connectivity index (χ3n) is 6.35. The van der Waals surface area contributed by atoms with Gasteiger partial charge in [0, 0.05) is 18.2 Å². The first kappa shape index (κ1) is 25.7. The quantitative estimate of drug-likeness (QED) is 0.239. The van der Waals surface area contributed by atoms with Gasteiger partial charge in [0.25, 0.3) is 0 Å². The van der Waals surface area contributed by atoms with Crippen LogP contribution < -0.4 is 10.1 Å². The largest absolute Gasteiger partial charge is 0.407 e. The van der Waals surface area contributed by atoms with E-state index in [1.807, 2.05) is 117 Å². The van der Waals surface area contributed by atoms with Gasteiger partial charge in [-0.15, -0.1) is 0 Å². The topological polar surface area (TPSA) is 73.2 Å². The van der Waals surface area contributed by atoms with Gasteiger partial charge >= 0.3 is 5.97 Å². The van der Waals surface area contributed by atoms with Crippen molar-refractivity contribution in [3.8, 4) is 34.0 Å². The minimum absolute atomic E-state index is 0.0953. The number of esters is 1. The highest BCUT2D eigenvalue weighted by molar-refractivity contribution is 5.93. The third kappa shape index (κ3) is 5.96. The van der Waals surface area contributed by atoms with Crippen molar-refractivity contribution >= 4 is 17.6 Å². The zero-order valence-corrected chi connectivity index (χ0v) is 22.1. The number of anilines is 1. The molecule has 5 aromatic rings. The Bertz CT molecular complexity index is 1600. The Kier molecular flexibility index (Phi) is 7.37. The van der Waals surface area contributed by atoms with Crippen LogP contribution in [0.3, 0.4) is 0 Å². The molecule has 0 aliphatic carbocycles. The Hall–Kier alpha value is -4.97. The number of nitrogens with one attached hydrogen (secondary N) is 1. The summed E-state index contributed by atoms with van der Waals surface area (Å²) in [7, 11) is 0. The average Bonchev–Trinajstić information content (AvgIpc) is 3.29. The summed E-state index contributed by atoms with van der Waals surface area (Å²) in [4.78, 5) is 24.8. The van der Waals surface area contributed by atoms with Crippen LogP contribution in [0.4, 0.5) is 5.69 Å². The molecule has 6 heteroatoms. The molecule has 0 aliphatic rings. The van der Waals surface area contributed by atoms with Crippen LogP contribution in [0.2, 0.25) is 0 Å². The minimum atomic E-state index is -0.440. The SMILES string of the molecule is CC(=O)Oc1c(-c2ccc(NC(=O)Cc3ccccc3)cc2)c(-c2ccc(C)cc2)nn1-c1ccc(C)cc1. The van der Waals surface area contributed by atoms with Gasteiger partial charge < -0.3 is 10.1 Å². The lowest BCUT2D eigenvalue weighted by atomic mass is 10.00. The number of aryl methyl sites for hydroxylation is 2. The summed E-state index contributed by atoms with van der Waals surface area (Å²) in [5.74, 6) is -0.199.